The number of benzene rings is 2. The number of hydrogen-bond acceptors (Lipinski definition) is 3. The lowest BCUT2D eigenvalue weighted by Crippen LogP contribution is -2.11. The Hall–Kier alpha value is -2.63. The van der Waals surface area contributed by atoms with E-state index in [9.17, 15) is 4.79 Å². The summed E-state index contributed by atoms with van der Waals surface area (Å²) >= 11 is 7.30. The number of halogens is 1. The van der Waals surface area contributed by atoms with Crippen LogP contribution < -0.4 is 5.32 Å². The van der Waals surface area contributed by atoms with Crippen molar-refractivity contribution in [2.24, 2.45) is 0 Å². The number of hydrogen-bond donors (Lipinski definition) is 2. The molecule has 124 valence electrons. The first-order chi connectivity index (χ1) is 12.1. The third kappa shape index (κ3) is 3.16. The maximum Gasteiger partial charge on any atom is 0.267 e. The van der Waals surface area contributed by atoms with Crippen molar-refractivity contribution in [1.29, 1.82) is 0 Å². The van der Waals surface area contributed by atoms with Crippen LogP contribution in [-0.2, 0) is 0 Å². The zero-order valence-electron chi connectivity index (χ0n) is 13.3. The highest BCUT2D eigenvalue weighted by Crippen LogP contribution is 2.29. The average Bonchev–Trinajstić information content (AvgIpc) is 3.21. The highest BCUT2D eigenvalue weighted by molar-refractivity contribution is 7.17. The Morgan fingerprint density at radius 1 is 1.16 bits per heavy atom. The number of aryl methyl sites for hydroxylation is 1. The lowest BCUT2D eigenvalue weighted by atomic mass is 10.2. The predicted octanol–water partition coefficient (Wildman–Crippen LogP) is 5.51. The van der Waals surface area contributed by atoms with Crippen LogP contribution in [0.15, 0.2) is 54.7 Å². The number of thiazole rings is 1. The minimum absolute atomic E-state index is 0.148. The Labute approximate surface area is 153 Å². The van der Waals surface area contributed by atoms with Crippen LogP contribution in [0.5, 0.6) is 0 Å². The molecular formula is C19H14ClN3OS. The zero-order valence-corrected chi connectivity index (χ0v) is 14.9. The Morgan fingerprint density at radius 3 is 2.76 bits per heavy atom. The summed E-state index contributed by atoms with van der Waals surface area (Å²) in [5, 5.41) is 5.49. The van der Waals surface area contributed by atoms with Crippen molar-refractivity contribution >= 4 is 45.4 Å². The van der Waals surface area contributed by atoms with E-state index < -0.39 is 0 Å². The summed E-state index contributed by atoms with van der Waals surface area (Å²) in [6.45, 7) is 1.85. The molecule has 25 heavy (non-hydrogen) atoms. The van der Waals surface area contributed by atoms with Gasteiger partial charge in [-0.05, 0) is 43.3 Å². The monoisotopic (exact) mass is 367 g/mol. The third-order valence-corrected chi connectivity index (χ3v) is 5.36. The number of aromatic nitrogens is 2. The molecule has 0 atom stereocenters. The van der Waals surface area contributed by atoms with Crippen molar-refractivity contribution in [2.75, 3.05) is 5.32 Å². The van der Waals surface area contributed by atoms with E-state index >= 15 is 0 Å². The molecule has 0 radical (unpaired) electrons. The number of rotatable bonds is 3. The molecule has 4 nitrogen and oxygen atoms in total. The van der Waals surface area contributed by atoms with Crippen molar-refractivity contribution in [3.05, 3.63) is 70.3 Å². The van der Waals surface area contributed by atoms with Crippen LogP contribution in [0.4, 0.5) is 5.69 Å². The van der Waals surface area contributed by atoms with Gasteiger partial charge in [-0.25, -0.2) is 4.98 Å². The highest BCUT2D eigenvalue weighted by atomic mass is 35.5. The number of amides is 1. The first kappa shape index (κ1) is 15.9. The molecule has 2 aromatic carbocycles. The van der Waals surface area contributed by atoms with Gasteiger partial charge < -0.3 is 10.3 Å². The molecule has 0 unspecified atom stereocenters. The number of nitrogens with one attached hydrogen (secondary N) is 2. The molecule has 2 heterocycles. The van der Waals surface area contributed by atoms with Crippen molar-refractivity contribution in [2.45, 2.75) is 6.92 Å². The van der Waals surface area contributed by atoms with Gasteiger partial charge in [0.05, 0.1) is 5.69 Å². The van der Waals surface area contributed by atoms with Gasteiger partial charge in [-0.1, -0.05) is 23.7 Å². The predicted molar refractivity (Wildman–Crippen MR) is 104 cm³/mol. The number of aromatic amines is 1. The minimum atomic E-state index is -0.148. The van der Waals surface area contributed by atoms with Crippen LogP contribution in [0.25, 0.3) is 21.5 Å². The maximum atomic E-state index is 12.6. The zero-order chi connectivity index (χ0) is 17.4. The number of H-pyrrole nitrogens is 1. The van der Waals surface area contributed by atoms with E-state index in [-0.39, 0.29) is 5.91 Å². The van der Waals surface area contributed by atoms with E-state index in [4.69, 9.17) is 11.6 Å². The molecule has 0 spiro atoms. The van der Waals surface area contributed by atoms with Crippen molar-refractivity contribution in [1.82, 2.24) is 9.97 Å². The Kier molecular flexibility index (Phi) is 4.03. The second-order valence-corrected chi connectivity index (χ2v) is 7.11. The largest absolute Gasteiger partial charge is 0.361 e. The topological polar surface area (TPSA) is 57.8 Å². The molecule has 0 aliphatic carbocycles. The van der Waals surface area contributed by atoms with Crippen LogP contribution >= 0.6 is 22.9 Å². The van der Waals surface area contributed by atoms with Crippen LogP contribution in [0.2, 0.25) is 5.02 Å². The van der Waals surface area contributed by atoms with Gasteiger partial charge in [-0.3, -0.25) is 4.79 Å². The van der Waals surface area contributed by atoms with Gasteiger partial charge in [0.1, 0.15) is 9.88 Å². The molecule has 0 saturated heterocycles. The van der Waals surface area contributed by atoms with Gasteiger partial charge in [0.2, 0.25) is 0 Å². The number of nitrogens with zero attached hydrogens (tertiary/aromatic N) is 1. The molecule has 0 aliphatic heterocycles. The summed E-state index contributed by atoms with van der Waals surface area (Å²) in [4.78, 5) is 20.9. The van der Waals surface area contributed by atoms with Gasteiger partial charge in [0, 0.05) is 33.4 Å². The van der Waals surface area contributed by atoms with Crippen LogP contribution in [-0.4, -0.2) is 15.9 Å². The van der Waals surface area contributed by atoms with Crippen LogP contribution in [0.3, 0.4) is 0 Å². The van der Waals surface area contributed by atoms with Crippen LogP contribution in [0, 0.1) is 6.92 Å². The Balaban J connectivity index is 1.60. The molecule has 4 aromatic rings. The molecule has 4 rings (SSSR count). The fraction of sp³-hybridized carbons (Fsp3) is 0.0526. The molecule has 0 saturated carbocycles. The minimum Gasteiger partial charge on any atom is -0.361 e. The number of carbonyl (C=O) groups excluding carboxylic acids is 1. The van der Waals surface area contributed by atoms with Crippen molar-refractivity contribution in [3.8, 4) is 10.6 Å². The lowest BCUT2D eigenvalue weighted by molar-refractivity contribution is 0.103. The van der Waals surface area contributed by atoms with Gasteiger partial charge in [0.25, 0.3) is 5.91 Å². The Bertz CT molecular complexity index is 1070. The molecule has 1 amide bonds. The Morgan fingerprint density at radius 2 is 1.96 bits per heavy atom. The lowest BCUT2D eigenvalue weighted by Gasteiger charge is -2.04. The van der Waals surface area contributed by atoms with Gasteiger partial charge >= 0.3 is 0 Å². The standard InChI is InChI=1S/C19H14ClN3OS/c1-11-17(25-19(22-11)12-2-4-14(20)5-3-12)18(24)23-15-6-7-16-13(10-15)8-9-21-16/h2-10,21H,1H3,(H,23,24). The summed E-state index contributed by atoms with van der Waals surface area (Å²) in [6, 6.07) is 15.2. The van der Waals surface area contributed by atoms with Gasteiger partial charge in [0.15, 0.2) is 0 Å². The van der Waals surface area contributed by atoms with Crippen molar-refractivity contribution in [3.63, 3.8) is 0 Å². The summed E-state index contributed by atoms with van der Waals surface area (Å²) in [5.41, 5.74) is 3.47. The van der Waals surface area contributed by atoms with Crippen molar-refractivity contribution < 1.29 is 4.79 Å². The van der Waals surface area contributed by atoms with E-state index in [0.717, 1.165) is 32.9 Å². The number of carbonyl (C=O) groups is 1. The summed E-state index contributed by atoms with van der Waals surface area (Å²) in [5.74, 6) is -0.148. The molecular weight excluding hydrogens is 354 g/mol. The maximum absolute atomic E-state index is 12.6. The third-order valence-electron chi connectivity index (χ3n) is 3.91. The first-order valence-corrected chi connectivity index (χ1v) is 8.91. The average molecular weight is 368 g/mol. The van der Waals surface area contributed by atoms with Crippen LogP contribution in [0.1, 0.15) is 15.4 Å². The SMILES string of the molecule is Cc1nc(-c2ccc(Cl)cc2)sc1C(=O)Nc1ccc2[nH]ccc2c1. The summed E-state index contributed by atoms with van der Waals surface area (Å²) in [7, 11) is 0. The van der Waals surface area contributed by atoms with Gasteiger partial charge in [-0.15, -0.1) is 11.3 Å². The summed E-state index contributed by atoms with van der Waals surface area (Å²) in [6.07, 6.45) is 1.88. The van der Waals surface area contributed by atoms with E-state index in [1.165, 1.54) is 11.3 Å². The van der Waals surface area contributed by atoms with E-state index in [0.29, 0.717) is 9.90 Å². The molecule has 6 heteroatoms. The van der Waals surface area contributed by atoms with E-state index in [2.05, 4.69) is 15.3 Å². The molecule has 0 bridgehead atoms. The van der Waals surface area contributed by atoms with Gasteiger partial charge in [-0.2, -0.15) is 0 Å². The quantitative estimate of drug-likeness (QED) is 0.502. The number of anilines is 1. The normalized spacial score (nSPS) is 11.0. The fourth-order valence-corrected chi connectivity index (χ4v) is 3.73. The first-order valence-electron chi connectivity index (χ1n) is 7.72. The number of fused-ring (bicyclic) bond motifs is 1. The molecule has 0 aliphatic rings. The van der Waals surface area contributed by atoms with E-state index in [1.807, 2.05) is 61.7 Å². The molecule has 2 aromatic heterocycles. The highest BCUT2D eigenvalue weighted by Gasteiger charge is 2.16. The van der Waals surface area contributed by atoms with E-state index in [1.54, 1.807) is 0 Å². The fourth-order valence-electron chi connectivity index (χ4n) is 2.64. The molecule has 2 N–H and O–H groups in total. The second kappa shape index (κ2) is 6.35. The smallest absolute Gasteiger partial charge is 0.267 e. The molecule has 0 fully saturated rings. The second-order valence-electron chi connectivity index (χ2n) is 5.67. The summed E-state index contributed by atoms with van der Waals surface area (Å²) < 4.78 is 0.